The molecule has 1 aliphatic rings. The second kappa shape index (κ2) is 17.2. The van der Waals surface area contributed by atoms with Gasteiger partial charge < -0.3 is 29.4 Å². The highest BCUT2D eigenvalue weighted by Crippen LogP contribution is 2.35. The standard InChI is InChI=1S/C40H47N5O9/c1-9-51-32-22-31(24(2)19-27(32)16-18-52-36(48)44-28-12-10-11-25(20-28)23-41)33(35(46)47)43-29-13-14-30-26(21-29)15-17-42-34(30)45(37(49)53-39(3,4)5)38(50)54-40(6,7)8/h10-15,17,19-22,24,31,33,43H,9,16,18H2,1-8H3,(H,44,48)(H,46,47). The van der Waals surface area contributed by atoms with Crippen LogP contribution in [0.15, 0.2) is 78.2 Å². The topological polar surface area (TPSA) is 189 Å². The molecule has 54 heavy (non-hydrogen) atoms. The van der Waals surface area contributed by atoms with Crippen molar-refractivity contribution >= 4 is 52.2 Å². The number of carboxylic acid groups (broad SMARTS) is 1. The van der Waals surface area contributed by atoms with Crippen LogP contribution in [-0.2, 0) is 23.7 Å². The van der Waals surface area contributed by atoms with Gasteiger partial charge in [-0.3, -0.25) is 5.32 Å². The third-order valence-electron chi connectivity index (χ3n) is 7.95. The molecule has 3 aromatic rings. The van der Waals surface area contributed by atoms with Crippen molar-refractivity contribution in [2.24, 2.45) is 11.8 Å². The van der Waals surface area contributed by atoms with E-state index in [1.54, 1.807) is 90.1 Å². The van der Waals surface area contributed by atoms with E-state index in [1.165, 1.54) is 12.3 Å². The van der Waals surface area contributed by atoms with E-state index in [2.05, 4.69) is 15.6 Å². The minimum atomic E-state index is -1.09. The van der Waals surface area contributed by atoms with Crippen molar-refractivity contribution in [3.63, 3.8) is 0 Å². The van der Waals surface area contributed by atoms with E-state index in [9.17, 15) is 24.3 Å². The SMILES string of the molecule is CCOC1=CC(C(Nc2ccc3c(N(C(=O)OC(C)(C)C)C(=O)OC(C)(C)C)nccc3c2)C(=O)O)C(C)C=C1CCOC(=O)Nc1cccc(C#N)c1. The van der Waals surface area contributed by atoms with E-state index >= 15 is 0 Å². The van der Waals surface area contributed by atoms with Crippen molar-refractivity contribution in [3.05, 3.63) is 83.8 Å². The number of benzene rings is 2. The first-order valence-corrected chi connectivity index (χ1v) is 17.5. The molecule has 1 aromatic heterocycles. The number of amides is 3. The van der Waals surface area contributed by atoms with E-state index < -0.39 is 47.4 Å². The summed E-state index contributed by atoms with van der Waals surface area (Å²) in [5.41, 5.74) is 0.256. The predicted octanol–water partition coefficient (Wildman–Crippen LogP) is 8.40. The summed E-state index contributed by atoms with van der Waals surface area (Å²) in [6.07, 6.45) is 2.87. The van der Waals surface area contributed by atoms with Gasteiger partial charge >= 0.3 is 24.2 Å². The predicted molar refractivity (Wildman–Crippen MR) is 203 cm³/mol. The maximum absolute atomic E-state index is 13.3. The van der Waals surface area contributed by atoms with Gasteiger partial charge in [-0.2, -0.15) is 10.2 Å². The Balaban J connectivity index is 1.54. The number of carboxylic acids is 1. The second-order valence-electron chi connectivity index (χ2n) is 14.6. The fourth-order valence-electron chi connectivity index (χ4n) is 5.72. The molecule has 14 nitrogen and oxygen atoms in total. The van der Waals surface area contributed by atoms with Gasteiger partial charge in [0.05, 0.1) is 24.8 Å². The lowest BCUT2D eigenvalue weighted by Gasteiger charge is -2.32. The largest absolute Gasteiger partial charge is 0.494 e. The van der Waals surface area contributed by atoms with Crippen molar-refractivity contribution in [2.45, 2.75) is 79.1 Å². The van der Waals surface area contributed by atoms with E-state index in [0.29, 0.717) is 46.5 Å². The Kier molecular flexibility index (Phi) is 12.9. The summed E-state index contributed by atoms with van der Waals surface area (Å²) in [6.45, 7) is 14.2. The van der Waals surface area contributed by atoms with E-state index in [1.807, 2.05) is 26.0 Å². The van der Waals surface area contributed by atoms with Gasteiger partial charge in [-0.25, -0.2) is 24.2 Å². The number of allylic oxidation sites excluding steroid dienone is 2. The summed E-state index contributed by atoms with van der Waals surface area (Å²) < 4.78 is 22.4. The second-order valence-corrected chi connectivity index (χ2v) is 14.6. The van der Waals surface area contributed by atoms with E-state index in [-0.39, 0.29) is 18.3 Å². The van der Waals surface area contributed by atoms with Gasteiger partial charge in [-0.15, -0.1) is 0 Å². The molecule has 286 valence electrons. The number of imide groups is 1. The zero-order chi connectivity index (χ0) is 39.8. The molecule has 0 radical (unpaired) electrons. The van der Waals surface area contributed by atoms with Crippen LogP contribution in [0.5, 0.6) is 0 Å². The normalized spacial score (nSPS) is 16.1. The fraction of sp³-hybridized carbons (Fsp3) is 0.400. The number of carbonyl (C=O) groups is 4. The molecular weight excluding hydrogens is 694 g/mol. The third kappa shape index (κ3) is 11.0. The molecule has 0 saturated carbocycles. The van der Waals surface area contributed by atoms with Crippen LogP contribution >= 0.6 is 0 Å². The fourth-order valence-corrected chi connectivity index (χ4v) is 5.72. The van der Waals surface area contributed by atoms with Crippen molar-refractivity contribution < 1.29 is 43.2 Å². The Labute approximate surface area is 314 Å². The van der Waals surface area contributed by atoms with Crippen LogP contribution in [0.2, 0.25) is 0 Å². The average Bonchev–Trinajstić information content (AvgIpc) is 3.07. The maximum Gasteiger partial charge on any atom is 0.425 e. The molecule has 4 rings (SSSR count). The summed E-state index contributed by atoms with van der Waals surface area (Å²) in [5, 5.41) is 26.3. The molecule has 1 heterocycles. The molecule has 3 atom stereocenters. The van der Waals surface area contributed by atoms with E-state index in [4.69, 9.17) is 24.2 Å². The minimum Gasteiger partial charge on any atom is -0.494 e. The van der Waals surface area contributed by atoms with Gasteiger partial charge in [0.1, 0.15) is 23.0 Å². The van der Waals surface area contributed by atoms with Crippen molar-refractivity contribution in [2.75, 3.05) is 28.7 Å². The van der Waals surface area contributed by atoms with Gasteiger partial charge in [0.15, 0.2) is 5.82 Å². The highest BCUT2D eigenvalue weighted by Gasteiger charge is 2.36. The molecule has 0 bridgehead atoms. The van der Waals surface area contributed by atoms with Gasteiger partial charge in [-0.1, -0.05) is 19.1 Å². The first-order chi connectivity index (χ1) is 25.4. The molecule has 3 N–H and O–H groups in total. The molecule has 0 aliphatic heterocycles. The molecule has 14 heteroatoms. The van der Waals surface area contributed by atoms with Gasteiger partial charge in [0.2, 0.25) is 0 Å². The Morgan fingerprint density at radius 2 is 1.65 bits per heavy atom. The lowest BCUT2D eigenvalue weighted by atomic mass is 9.80. The number of aliphatic carboxylic acids is 1. The number of rotatable bonds is 11. The number of hydrogen-bond donors (Lipinski definition) is 3. The van der Waals surface area contributed by atoms with Gasteiger partial charge in [-0.05, 0) is 114 Å². The smallest absolute Gasteiger partial charge is 0.425 e. The highest BCUT2D eigenvalue weighted by molar-refractivity contribution is 6.14. The van der Waals surface area contributed by atoms with Crippen LogP contribution in [0.3, 0.4) is 0 Å². The summed E-state index contributed by atoms with van der Waals surface area (Å²) >= 11 is 0. The van der Waals surface area contributed by atoms with Crippen molar-refractivity contribution in [1.82, 2.24) is 4.98 Å². The number of fused-ring (bicyclic) bond motifs is 1. The number of aromatic nitrogens is 1. The van der Waals surface area contributed by atoms with Crippen molar-refractivity contribution in [3.8, 4) is 6.07 Å². The number of nitrogens with one attached hydrogen (secondary N) is 2. The molecular formula is C40H47N5O9. The average molecular weight is 742 g/mol. The summed E-state index contributed by atoms with van der Waals surface area (Å²) in [5.74, 6) is -1.39. The van der Waals surface area contributed by atoms with Crippen LogP contribution in [0.4, 0.5) is 31.6 Å². The number of carbonyl (C=O) groups excluding carboxylic acids is 3. The lowest BCUT2D eigenvalue weighted by Crippen LogP contribution is -2.44. The summed E-state index contributed by atoms with van der Waals surface area (Å²) in [7, 11) is 0. The number of hydrogen-bond acceptors (Lipinski definition) is 11. The van der Waals surface area contributed by atoms with Crippen LogP contribution < -0.4 is 15.5 Å². The monoisotopic (exact) mass is 741 g/mol. The molecule has 3 amide bonds. The van der Waals surface area contributed by atoms with E-state index in [0.717, 1.165) is 10.5 Å². The Morgan fingerprint density at radius 3 is 2.26 bits per heavy atom. The van der Waals surface area contributed by atoms with Gasteiger partial charge in [0.25, 0.3) is 0 Å². The molecule has 0 spiro atoms. The van der Waals surface area contributed by atoms with Crippen LogP contribution in [0, 0.1) is 23.2 Å². The third-order valence-corrected chi connectivity index (χ3v) is 7.95. The Bertz CT molecular complexity index is 1960. The lowest BCUT2D eigenvalue weighted by molar-refractivity contribution is -0.139. The summed E-state index contributed by atoms with van der Waals surface area (Å²) in [6, 6.07) is 14.1. The number of ether oxygens (including phenoxy) is 4. The molecule has 2 aromatic carbocycles. The molecule has 0 saturated heterocycles. The van der Waals surface area contributed by atoms with Crippen LogP contribution in [-0.4, -0.2) is 64.8 Å². The minimum absolute atomic E-state index is 0.00476. The molecule has 3 unspecified atom stereocenters. The Hall–Kier alpha value is -6.10. The number of pyridine rings is 1. The highest BCUT2D eigenvalue weighted by atomic mass is 16.6. The Morgan fingerprint density at radius 1 is 0.963 bits per heavy atom. The first-order valence-electron chi connectivity index (χ1n) is 17.5. The van der Waals surface area contributed by atoms with Gasteiger partial charge in [0, 0.05) is 35.3 Å². The number of nitriles is 1. The zero-order valence-electron chi connectivity index (χ0n) is 31.8. The van der Waals surface area contributed by atoms with Crippen molar-refractivity contribution in [1.29, 1.82) is 5.26 Å². The summed E-state index contributed by atoms with van der Waals surface area (Å²) in [4.78, 5) is 56.9. The number of anilines is 3. The van der Waals surface area contributed by atoms with Crippen LogP contribution in [0.25, 0.3) is 10.8 Å². The molecule has 0 fully saturated rings. The number of nitrogens with zero attached hydrogens (tertiary/aromatic N) is 3. The maximum atomic E-state index is 13.3. The van der Waals surface area contributed by atoms with Crippen LogP contribution in [0.1, 0.15) is 67.4 Å². The quantitative estimate of drug-likeness (QED) is 0.159. The first kappa shape index (κ1) is 40.7. The molecule has 1 aliphatic carbocycles. The zero-order valence-corrected chi connectivity index (χ0v) is 31.8.